The van der Waals surface area contributed by atoms with Gasteiger partial charge in [-0.05, 0) is 18.1 Å². The van der Waals surface area contributed by atoms with E-state index >= 15 is 0 Å². The van der Waals surface area contributed by atoms with E-state index in [-0.39, 0.29) is 0 Å². The molecule has 0 radical (unpaired) electrons. The molecule has 0 saturated carbocycles. The molecule has 0 fully saturated rings. The largest absolute Gasteiger partial charge is 0.312 e. The first kappa shape index (κ1) is 13.5. The molecule has 0 unspecified atom stereocenters. The summed E-state index contributed by atoms with van der Waals surface area (Å²) in [4.78, 5) is 9.55. The van der Waals surface area contributed by atoms with Crippen LogP contribution < -0.4 is 5.32 Å². The molecule has 2 heterocycles. The Bertz CT molecular complexity index is 638. The smallest absolute Gasteiger partial charge is 0.159 e. The van der Waals surface area contributed by atoms with Crippen molar-refractivity contribution in [1.29, 1.82) is 0 Å². The highest BCUT2D eigenvalue weighted by Crippen LogP contribution is 2.27. The van der Waals surface area contributed by atoms with E-state index in [0.717, 1.165) is 41.6 Å². The van der Waals surface area contributed by atoms with Crippen LogP contribution in [-0.2, 0) is 13.0 Å². The number of aromatic nitrogens is 2. The monoisotopic (exact) mass is 287 g/mol. The van der Waals surface area contributed by atoms with Crippen LogP contribution in [0.25, 0.3) is 11.4 Å². The lowest BCUT2D eigenvalue weighted by Gasteiger charge is -2.21. The maximum atomic E-state index is 6.07. The second-order valence-electron chi connectivity index (χ2n) is 5.45. The summed E-state index contributed by atoms with van der Waals surface area (Å²) < 4.78 is 0. The van der Waals surface area contributed by atoms with Crippen LogP contribution in [0.5, 0.6) is 0 Å². The van der Waals surface area contributed by atoms with Gasteiger partial charge in [0.15, 0.2) is 5.82 Å². The molecule has 104 valence electrons. The van der Waals surface area contributed by atoms with Crippen molar-refractivity contribution < 1.29 is 0 Å². The van der Waals surface area contributed by atoms with E-state index in [1.54, 1.807) is 0 Å². The molecule has 0 amide bonds. The van der Waals surface area contributed by atoms with E-state index < -0.39 is 0 Å². The van der Waals surface area contributed by atoms with E-state index in [9.17, 15) is 0 Å². The third kappa shape index (κ3) is 2.56. The summed E-state index contributed by atoms with van der Waals surface area (Å²) in [6, 6.07) is 7.75. The Labute approximate surface area is 124 Å². The molecule has 0 saturated heterocycles. The number of benzene rings is 1. The highest BCUT2D eigenvalue weighted by Gasteiger charge is 2.19. The van der Waals surface area contributed by atoms with Crippen molar-refractivity contribution in [2.24, 2.45) is 0 Å². The quantitative estimate of drug-likeness (QED) is 0.918. The minimum absolute atomic E-state index is 0.393. The van der Waals surface area contributed by atoms with E-state index in [0.29, 0.717) is 5.92 Å². The number of nitrogens with one attached hydrogen (secondary N) is 1. The first-order chi connectivity index (χ1) is 9.65. The number of hydrogen-bond donors (Lipinski definition) is 1. The molecule has 4 heteroatoms. The van der Waals surface area contributed by atoms with Gasteiger partial charge in [0.2, 0.25) is 0 Å². The summed E-state index contributed by atoms with van der Waals surface area (Å²) in [6.07, 6.45) is 0.963. The summed E-state index contributed by atoms with van der Waals surface area (Å²) in [6.45, 7) is 6.22. The van der Waals surface area contributed by atoms with Crippen LogP contribution in [0.4, 0.5) is 0 Å². The highest BCUT2D eigenvalue weighted by molar-refractivity contribution is 6.30. The predicted octanol–water partition coefficient (Wildman–Crippen LogP) is 3.57. The number of hydrogen-bond acceptors (Lipinski definition) is 3. The van der Waals surface area contributed by atoms with Crippen LogP contribution in [0.1, 0.15) is 36.7 Å². The number of halogens is 1. The van der Waals surface area contributed by atoms with E-state index in [4.69, 9.17) is 21.6 Å². The van der Waals surface area contributed by atoms with Gasteiger partial charge in [-0.1, -0.05) is 37.6 Å². The van der Waals surface area contributed by atoms with E-state index in [1.165, 1.54) is 11.3 Å². The van der Waals surface area contributed by atoms with Crippen molar-refractivity contribution in [2.45, 2.75) is 32.7 Å². The lowest BCUT2D eigenvalue weighted by atomic mass is 9.98. The second kappa shape index (κ2) is 5.51. The average Bonchev–Trinajstić information content (AvgIpc) is 2.46. The van der Waals surface area contributed by atoms with Gasteiger partial charge in [0.05, 0.1) is 11.4 Å². The molecule has 3 nitrogen and oxygen atoms in total. The van der Waals surface area contributed by atoms with Gasteiger partial charge in [0.1, 0.15) is 0 Å². The van der Waals surface area contributed by atoms with Gasteiger partial charge in [-0.3, -0.25) is 0 Å². The Balaban J connectivity index is 2.15. The first-order valence-corrected chi connectivity index (χ1v) is 7.39. The van der Waals surface area contributed by atoms with Gasteiger partial charge in [0.25, 0.3) is 0 Å². The molecule has 20 heavy (non-hydrogen) atoms. The van der Waals surface area contributed by atoms with Gasteiger partial charge < -0.3 is 5.32 Å². The lowest BCUT2D eigenvalue weighted by Crippen LogP contribution is -2.27. The average molecular weight is 288 g/mol. The fourth-order valence-corrected chi connectivity index (χ4v) is 2.79. The van der Waals surface area contributed by atoms with Crippen LogP contribution >= 0.6 is 11.6 Å². The van der Waals surface area contributed by atoms with Crippen LogP contribution in [0.15, 0.2) is 24.3 Å². The summed E-state index contributed by atoms with van der Waals surface area (Å²) in [7, 11) is 0. The Morgan fingerprint density at radius 1 is 1.25 bits per heavy atom. The van der Waals surface area contributed by atoms with Gasteiger partial charge in [-0.25, -0.2) is 9.97 Å². The fourth-order valence-electron chi connectivity index (χ4n) is 2.60. The molecular weight excluding hydrogens is 270 g/mol. The summed E-state index contributed by atoms with van der Waals surface area (Å²) >= 11 is 6.07. The van der Waals surface area contributed by atoms with E-state index in [2.05, 4.69) is 19.2 Å². The van der Waals surface area contributed by atoms with Gasteiger partial charge in [-0.15, -0.1) is 0 Å². The van der Waals surface area contributed by atoms with Crippen molar-refractivity contribution in [3.05, 3.63) is 46.2 Å². The second-order valence-corrected chi connectivity index (χ2v) is 5.89. The Kier molecular flexibility index (Phi) is 3.72. The summed E-state index contributed by atoms with van der Waals surface area (Å²) in [5.74, 6) is 1.18. The van der Waals surface area contributed by atoms with Crippen LogP contribution in [0.3, 0.4) is 0 Å². The lowest BCUT2D eigenvalue weighted by molar-refractivity contribution is 0.609. The zero-order chi connectivity index (χ0) is 14.1. The molecule has 1 aliphatic heterocycles. The molecule has 1 N–H and O–H groups in total. The SMILES string of the molecule is CC(C)c1nc(-c2cccc(Cl)c2)nc2c1CNCC2. The van der Waals surface area contributed by atoms with Crippen LogP contribution in [-0.4, -0.2) is 16.5 Å². The van der Waals surface area contributed by atoms with Crippen molar-refractivity contribution >= 4 is 11.6 Å². The standard InChI is InChI=1S/C16H18ClN3/c1-10(2)15-13-9-18-7-6-14(13)19-16(20-15)11-4-3-5-12(17)8-11/h3-5,8,10,18H,6-7,9H2,1-2H3. The van der Waals surface area contributed by atoms with Crippen LogP contribution in [0.2, 0.25) is 5.02 Å². The number of nitrogens with zero attached hydrogens (tertiary/aromatic N) is 2. The van der Waals surface area contributed by atoms with Crippen molar-refractivity contribution in [2.75, 3.05) is 6.54 Å². The highest BCUT2D eigenvalue weighted by atomic mass is 35.5. The molecule has 0 aliphatic carbocycles. The number of fused-ring (bicyclic) bond motifs is 1. The molecule has 2 aromatic rings. The minimum atomic E-state index is 0.393. The molecule has 0 spiro atoms. The Hall–Kier alpha value is -1.45. The topological polar surface area (TPSA) is 37.8 Å². The minimum Gasteiger partial charge on any atom is -0.312 e. The third-order valence-electron chi connectivity index (χ3n) is 3.59. The molecule has 1 aromatic heterocycles. The summed E-state index contributed by atoms with van der Waals surface area (Å²) in [5, 5.41) is 4.12. The Morgan fingerprint density at radius 3 is 2.85 bits per heavy atom. The molecule has 3 rings (SSSR count). The third-order valence-corrected chi connectivity index (χ3v) is 3.83. The van der Waals surface area contributed by atoms with Crippen LogP contribution in [0, 0.1) is 0 Å². The fraction of sp³-hybridized carbons (Fsp3) is 0.375. The molecule has 0 bridgehead atoms. The van der Waals surface area contributed by atoms with Crippen molar-refractivity contribution in [3.63, 3.8) is 0 Å². The van der Waals surface area contributed by atoms with Crippen molar-refractivity contribution in [1.82, 2.24) is 15.3 Å². The molecular formula is C16H18ClN3. The normalized spacial score (nSPS) is 14.4. The van der Waals surface area contributed by atoms with Gasteiger partial charge in [0, 0.05) is 35.7 Å². The molecule has 1 aliphatic rings. The number of rotatable bonds is 2. The zero-order valence-corrected chi connectivity index (χ0v) is 12.5. The Morgan fingerprint density at radius 2 is 2.10 bits per heavy atom. The first-order valence-electron chi connectivity index (χ1n) is 7.01. The molecule has 1 aromatic carbocycles. The zero-order valence-electron chi connectivity index (χ0n) is 11.8. The molecule has 0 atom stereocenters. The van der Waals surface area contributed by atoms with Gasteiger partial charge in [-0.2, -0.15) is 0 Å². The maximum Gasteiger partial charge on any atom is 0.159 e. The maximum absolute atomic E-state index is 6.07. The van der Waals surface area contributed by atoms with E-state index in [1.807, 2.05) is 24.3 Å². The summed E-state index contributed by atoms with van der Waals surface area (Å²) in [5.41, 5.74) is 4.59. The van der Waals surface area contributed by atoms with Crippen molar-refractivity contribution in [3.8, 4) is 11.4 Å². The predicted molar refractivity (Wildman–Crippen MR) is 82.0 cm³/mol. The van der Waals surface area contributed by atoms with Gasteiger partial charge >= 0.3 is 0 Å².